The molecule has 0 fully saturated rings. The number of nitrogens with zero attached hydrogens (tertiary/aromatic N) is 2. The maximum atomic E-state index is 8.65. The fourth-order valence-electron chi connectivity index (χ4n) is 1.35. The molecule has 0 rings (SSSR count). The standard InChI is InChI=1S/C10H20N2S/c1-9(5-11)6-12(4)7-10(2,3)8-13/h9,13H,6-8H2,1-4H3. The molecule has 0 aromatic rings. The van der Waals surface area contributed by atoms with Crippen LogP contribution in [0, 0.1) is 22.7 Å². The van der Waals surface area contributed by atoms with Gasteiger partial charge in [-0.05, 0) is 25.1 Å². The van der Waals surface area contributed by atoms with E-state index >= 15 is 0 Å². The van der Waals surface area contributed by atoms with E-state index in [0.29, 0.717) is 0 Å². The van der Waals surface area contributed by atoms with Gasteiger partial charge >= 0.3 is 0 Å². The summed E-state index contributed by atoms with van der Waals surface area (Å²) in [6.45, 7) is 8.15. The van der Waals surface area contributed by atoms with Gasteiger partial charge in [-0.3, -0.25) is 0 Å². The molecule has 13 heavy (non-hydrogen) atoms. The third-order valence-corrected chi connectivity index (χ3v) is 2.79. The monoisotopic (exact) mass is 200 g/mol. The van der Waals surface area contributed by atoms with Crippen LogP contribution < -0.4 is 0 Å². The third-order valence-electron chi connectivity index (χ3n) is 1.93. The van der Waals surface area contributed by atoms with Crippen molar-refractivity contribution >= 4 is 12.6 Å². The number of hydrogen-bond donors (Lipinski definition) is 1. The second-order valence-electron chi connectivity index (χ2n) is 4.55. The minimum atomic E-state index is 0.112. The molecule has 0 aromatic carbocycles. The molecule has 0 saturated carbocycles. The van der Waals surface area contributed by atoms with Gasteiger partial charge in [-0.25, -0.2) is 0 Å². The zero-order chi connectivity index (χ0) is 10.5. The van der Waals surface area contributed by atoms with Crippen LogP contribution >= 0.6 is 12.6 Å². The van der Waals surface area contributed by atoms with Crippen LogP contribution in [-0.4, -0.2) is 30.8 Å². The van der Waals surface area contributed by atoms with Crippen molar-refractivity contribution in [1.82, 2.24) is 4.90 Å². The summed E-state index contributed by atoms with van der Waals surface area (Å²) in [4.78, 5) is 2.20. The van der Waals surface area contributed by atoms with Crippen LogP contribution in [0.2, 0.25) is 0 Å². The summed E-state index contributed by atoms with van der Waals surface area (Å²) in [5, 5.41) is 8.65. The van der Waals surface area contributed by atoms with Crippen LogP contribution in [0.1, 0.15) is 20.8 Å². The lowest BCUT2D eigenvalue weighted by Gasteiger charge is -2.29. The molecule has 0 amide bonds. The first-order chi connectivity index (χ1) is 5.91. The second-order valence-corrected chi connectivity index (χ2v) is 4.87. The topological polar surface area (TPSA) is 27.0 Å². The quantitative estimate of drug-likeness (QED) is 0.688. The van der Waals surface area contributed by atoms with Gasteiger partial charge in [0, 0.05) is 13.1 Å². The van der Waals surface area contributed by atoms with Crippen LogP contribution in [0.15, 0.2) is 0 Å². The summed E-state index contributed by atoms with van der Waals surface area (Å²) in [6, 6.07) is 2.24. The molecule has 76 valence electrons. The van der Waals surface area contributed by atoms with E-state index in [-0.39, 0.29) is 11.3 Å². The van der Waals surface area contributed by atoms with Gasteiger partial charge in [-0.1, -0.05) is 13.8 Å². The molecular formula is C10H20N2S. The minimum Gasteiger partial charge on any atom is -0.305 e. The van der Waals surface area contributed by atoms with Crippen LogP contribution in [0.25, 0.3) is 0 Å². The third kappa shape index (κ3) is 5.95. The Morgan fingerprint density at radius 1 is 1.54 bits per heavy atom. The first kappa shape index (κ1) is 12.8. The van der Waals surface area contributed by atoms with E-state index in [2.05, 4.69) is 44.5 Å². The maximum Gasteiger partial charge on any atom is 0.0666 e. The van der Waals surface area contributed by atoms with Gasteiger partial charge < -0.3 is 4.90 Å². The lowest BCUT2D eigenvalue weighted by atomic mass is 9.95. The molecule has 0 N–H and O–H groups in total. The van der Waals surface area contributed by atoms with E-state index in [9.17, 15) is 0 Å². The van der Waals surface area contributed by atoms with Crippen molar-refractivity contribution < 1.29 is 0 Å². The highest BCUT2D eigenvalue weighted by Gasteiger charge is 2.18. The minimum absolute atomic E-state index is 0.112. The summed E-state index contributed by atoms with van der Waals surface area (Å²) >= 11 is 4.30. The molecule has 0 bridgehead atoms. The van der Waals surface area contributed by atoms with E-state index in [1.807, 2.05) is 6.92 Å². The summed E-state index contributed by atoms with van der Waals surface area (Å²) in [5.41, 5.74) is 0.229. The molecule has 0 aliphatic carbocycles. The lowest BCUT2D eigenvalue weighted by molar-refractivity contribution is 0.220. The van der Waals surface area contributed by atoms with Crippen LogP contribution in [0.3, 0.4) is 0 Å². The van der Waals surface area contributed by atoms with Gasteiger partial charge in [-0.2, -0.15) is 17.9 Å². The normalized spacial score (nSPS) is 14.2. The van der Waals surface area contributed by atoms with Gasteiger partial charge in [0.15, 0.2) is 0 Å². The van der Waals surface area contributed by atoms with E-state index in [1.165, 1.54) is 0 Å². The summed E-state index contributed by atoms with van der Waals surface area (Å²) < 4.78 is 0. The Bertz CT molecular complexity index is 184. The predicted molar refractivity (Wildman–Crippen MR) is 59.9 cm³/mol. The Hall–Kier alpha value is -0.200. The number of hydrogen-bond acceptors (Lipinski definition) is 3. The first-order valence-corrected chi connectivity index (χ1v) is 5.23. The SMILES string of the molecule is CC(C#N)CN(C)CC(C)(C)CS. The van der Waals surface area contributed by atoms with Crippen LogP contribution in [0.4, 0.5) is 0 Å². The van der Waals surface area contributed by atoms with Crippen molar-refractivity contribution in [2.45, 2.75) is 20.8 Å². The van der Waals surface area contributed by atoms with Crippen LogP contribution in [-0.2, 0) is 0 Å². The molecule has 0 aliphatic rings. The number of thiol groups is 1. The molecule has 0 aliphatic heterocycles. The Morgan fingerprint density at radius 3 is 2.46 bits per heavy atom. The molecule has 0 radical (unpaired) electrons. The zero-order valence-electron chi connectivity index (χ0n) is 9.04. The van der Waals surface area contributed by atoms with E-state index < -0.39 is 0 Å². The lowest BCUT2D eigenvalue weighted by Crippen LogP contribution is -2.35. The largest absolute Gasteiger partial charge is 0.305 e. The van der Waals surface area contributed by atoms with Gasteiger partial charge in [0.05, 0.1) is 12.0 Å². The Balaban J connectivity index is 3.88. The summed E-state index contributed by atoms with van der Waals surface area (Å²) in [7, 11) is 2.05. The smallest absolute Gasteiger partial charge is 0.0666 e. The number of nitriles is 1. The van der Waals surface area contributed by atoms with Crippen molar-refractivity contribution in [3.05, 3.63) is 0 Å². The molecule has 3 heteroatoms. The molecule has 0 aromatic heterocycles. The van der Waals surface area contributed by atoms with E-state index in [0.717, 1.165) is 18.8 Å². The van der Waals surface area contributed by atoms with Crippen molar-refractivity contribution in [3.63, 3.8) is 0 Å². The average Bonchev–Trinajstić information content (AvgIpc) is 2.03. The van der Waals surface area contributed by atoms with Crippen LogP contribution in [0.5, 0.6) is 0 Å². The van der Waals surface area contributed by atoms with Crippen molar-refractivity contribution in [2.75, 3.05) is 25.9 Å². The maximum absolute atomic E-state index is 8.65. The number of rotatable bonds is 5. The Morgan fingerprint density at radius 2 is 2.08 bits per heavy atom. The van der Waals surface area contributed by atoms with Gasteiger partial charge in [0.2, 0.25) is 0 Å². The molecular weight excluding hydrogens is 180 g/mol. The van der Waals surface area contributed by atoms with Gasteiger partial charge in [-0.15, -0.1) is 0 Å². The van der Waals surface area contributed by atoms with E-state index in [4.69, 9.17) is 5.26 Å². The molecule has 2 nitrogen and oxygen atoms in total. The fourth-order valence-corrected chi connectivity index (χ4v) is 1.45. The van der Waals surface area contributed by atoms with Crippen molar-refractivity contribution in [2.24, 2.45) is 11.3 Å². The molecule has 1 atom stereocenters. The highest BCUT2D eigenvalue weighted by molar-refractivity contribution is 7.80. The molecule has 1 unspecified atom stereocenters. The van der Waals surface area contributed by atoms with Gasteiger partial charge in [0.1, 0.15) is 0 Å². The van der Waals surface area contributed by atoms with Crippen molar-refractivity contribution in [1.29, 1.82) is 5.26 Å². The summed E-state index contributed by atoms with van der Waals surface area (Å²) in [6.07, 6.45) is 0. The van der Waals surface area contributed by atoms with Gasteiger partial charge in [0.25, 0.3) is 0 Å². The Kier molecular flexibility index (Phi) is 5.43. The van der Waals surface area contributed by atoms with Crippen molar-refractivity contribution in [3.8, 4) is 6.07 Å². The molecule has 0 heterocycles. The molecule has 0 spiro atoms. The highest BCUT2D eigenvalue weighted by Crippen LogP contribution is 2.18. The summed E-state index contributed by atoms with van der Waals surface area (Å²) in [5.74, 6) is 0.985. The second kappa shape index (κ2) is 5.51. The predicted octanol–water partition coefficient (Wildman–Crippen LogP) is 2.03. The molecule has 0 saturated heterocycles. The Labute approximate surface area is 87.3 Å². The zero-order valence-corrected chi connectivity index (χ0v) is 9.93. The average molecular weight is 200 g/mol. The highest BCUT2D eigenvalue weighted by atomic mass is 32.1. The van der Waals surface area contributed by atoms with E-state index in [1.54, 1.807) is 0 Å². The first-order valence-electron chi connectivity index (χ1n) is 4.60. The fraction of sp³-hybridized carbons (Fsp3) is 0.900.